The number of hydrogen-bond donors (Lipinski definition) is 0. The van der Waals surface area contributed by atoms with Crippen molar-refractivity contribution >= 4 is 11.9 Å². The second-order valence-electron chi connectivity index (χ2n) is 5.49. The Hall–Kier alpha value is -1.91. The fourth-order valence-electron chi connectivity index (χ4n) is 2.27. The van der Waals surface area contributed by atoms with Crippen molar-refractivity contribution in [1.29, 1.82) is 0 Å². The first-order chi connectivity index (χ1) is 8.85. The predicted molar refractivity (Wildman–Crippen MR) is 71.5 cm³/mol. The molecule has 1 fully saturated rings. The van der Waals surface area contributed by atoms with Gasteiger partial charge in [-0.3, -0.25) is 14.7 Å². The minimum Gasteiger partial charge on any atom is -0.313 e. The number of pyridine rings is 1. The van der Waals surface area contributed by atoms with Crippen LogP contribution >= 0.6 is 0 Å². The van der Waals surface area contributed by atoms with Crippen LogP contribution in [0.3, 0.4) is 0 Å². The molecule has 1 aromatic rings. The summed E-state index contributed by atoms with van der Waals surface area (Å²) >= 11 is 0. The summed E-state index contributed by atoms with van der Waals surface area (Å²) in [6.45, 7) is 5.42. The van der Waals surface area contributed by atoms with Gasteiger partial charge in [0.1, 0.15) is 5.54 Å². The second kappa shape index (κ2) is 4.64. The molecule has 3 amide bonds. The van der Waals surface area contributed by atoms with E-state index in [0.717, 1.165) is 5.56 Å². The van der Waals surface area contributed by atoms with Crippen LogP contribution < -0.4 is 0 Å². The van der Waals surface area contributed by atoms with Crippen LogP contribution in [0.5, 0.6) is 0 Å². The number of aromatic nitrogens is 1. The highest BCUT2D eigenvalue weighted by Gasteiger charge is 2.50. The highest BCUT2D eigenvalue weighted by molar-refractivity contribution is 6.06. The highest BCUT2D eigenvalue weighted by atomic mass is 16.2. The van der Waals surface area contributed by atoms with Crippen molar-refractivity contribution in [2.75, 3.05) is 7.05 Å². The van der Waals surface area contributed by atoms with Crippen LogP contribution in [0.1, 0.15) is 26.3 Å². The van der Waals surface area contributed by atoms with E-state index in [1.54, 1.807) is 33.3 Å². The topological polar surface area (TPSA) is 53.5 Å². The summed E-state index contributed by atoms with van der Waals surface area (Å²) in [5.41, 5.74) is 0.253. The largest absolute Gasteiger partial charge is 0.327 e. The zero-order chi connectivity index (χ0) is 14.2. The quantitative estimate of drug-likeness (QED) is 0.778. The molecule has 0 saturated carbocycles. The number of hydrogen-bond acceptors (Lipinski definition) is 3. The molecule has 0 bridgehead atoms. The van der Waals surface area contributed by atoms with Crippen molar-refractivity contribution in [2.45, 2.75) is 38.8 Å². The number of nitrogens with zero attached hydrogens (tertiary/aromatic N) is 3. The second-order valence-corrected chi connectivity index (χ2v) is 5.49. The fraction of sp³-hybridized carbons (Fsp3) is 0.500. The molecule has 102 valence electrons. The van der Waals surface area contributed by atoms with Gasteiger partial charge in [0.15, 0.2) is 0 Å². The van der Waals surface area contributed by atoms with Crippen molar-refractivity contribution in [3.8, 4) is 0 Å². The number of amides is 3. The maximum atomic E-state index is 12.3. The summed E-state index contributed by atoms with van der Waals surface area (Å²) in [5, 5.41) is 0. The first-order valence-corrected chi connectivity index (χ1v) is 6.36. The van der Waals surface area contributed by atoms with Gasteiger partial charge in [-0.05, 0) is 38.8 Å². The Kier molecular flexibility index (Phi) is 3.30. The van der Waals surface area contributed by atoms with E-state index < -0.39 is 5.54 Å². The van der Waals surface area contributed by atoms with Crippen LogP contribution in [0.4, 0.5) is 4.79 Å². The number of rotatable bonds is 3. The number of carbonyl (C=O) groups is 2. The van der Waals surface area contributed by atoms with Gasteiger partial charge in [-0.1, -0.05) is 6.07 Å². The molecule has 1 aliphatic rings. The SMILES string of the molecule is C[C@@H](Cc1cccnc1)N1C(=O)N(C)C(C)(C)C1=O. The van der Waals surface area contributed by atoms with Crippen molar-refractivity contribution in [1.82, 2.24) is 14.8 Å². The van der Waals surface area contributed by atoms with Crippen LogP contribution in [0.15, 0.2) is 24.5 Å². The van der Waals surface area contributed by atoms with E-state index in [4.69, 9.17) is 0 Å². The van der Waals surface area contributed by atoms with E-state index in [0.29, 0.717) is 6.42 Å². The van der Waals surface area contributed by atoms with Gasteiger partial charge >= 0.3 is 6.03 Å². The molecule has 5 heteroatoms. The van der Waals surface area contributed by atoms with Gasteiger partial charge < -0.3 is 4.90 Å². The van der Waals surface area contributed by atoms with Crippen LogP contribution in [-0.4, -0.2) is 45.4 Å². The number of urea groups is 1. The van der Waals surface area contributed by atoms with Crippen LogP contribution in [0.25, 0.3) is 0 Å². The molecule has 2 heterocycles. The van der Waals surface area contributed by atoms with Crippen molar-refractivity contribution in [2.24, 2.45) is 0 Å². The monoisotopic (exact) mass is 261 g/mol. The third-order valence-electron chi connectivity index (χ3n) is 3.77. The van der Waals surface area contributed by atoms with E-state index in [-0.39, 0.29) is 18.0 Å². The number of carbonyl (C=O) groups excluding carboxylic acids is 2. The average Bonchev–Trinajstić information content (AvgIpc) is 2.52. The van der Waals surface area contributed by atoms with Crippen LogP contribution in [0.2, 0.25) is 0 Å². The van der Waals surface area contributed by atoms with Gasteiger partial charge in [0.2, 0.25) is 0 Å². The summed E-state index contributed by atoms with van der Waals surface area (Å²) in [7, 11) is 1.66. The molecule has 1 atom stereocenters. The van der Waals surface area contributed by atoms with Crippen LogP contribution in [-0.2, 0) is 11.2 Å². The first-order valence-electron chi connectivity index (χ1n) is 6.36. The molecule has 1 saturated heterocycles. The third-order valence-corrected chi connectivity index (χ3v) is 3.77. The van der Waals surface area contributed by atoms with Gasteiger partial charge in [0.05, 0.1) is 0 Å². The van der Waals surface area contributed by atoms with E-state index in [2.05, 4.69) is 4.98 Å². The lowest BCUT2D eigenvalue weighted by Gasteiger charge is -2.23. The lowest BCUT2D eigenvalue weighted by Crippen LogP contribution is -2.43. The summed E-state index contributed by atoms with van der Waals surface area (Å²) in [4.78, 5) is 31.4. The lowest BCUT2D eigenvalue weighted by molar-refractivity contribution is -0.132. The molecule has 0 aliphatic carbocycles. The van der Waals surface area contributed by atoms with Gasteiger partial charge in [0.25, 0.3) is 5.91 Å². The molecular weight excluding hydrogens is 242 g/mol. The van der Waals surface area contributed by atoms with Gasteiger partial charge in [-0.2, -0.15) is 0 Å². The molecule has 0 spiro atoms. The van der Waals surface area contributed by atoms with E-state index >= 15 is 0 Å². The summed E-state index contributed by atoms with van der Waals surface area (Å²) in [6, 6.07) is 3.40. The maximum Gasteiger partial charge on any atom is 0.327 e. The van der Waals surface area contributed by atoms with E-state index in [1.165, 1.54) is 9.80 Å². The zero-order valence-corrected chi connectivity index (χ0v) is 11.8. The van der Waals surface area contributed by atoms with Crippen LogP contribution in [0, 0.1) is 0 Å². The minimum atomic E-state index is -0.764. The Labute approximate surface area is 113 Å². The molecule has 1 aromatic heterocycles. The maximum absolute atomic E-state index is 12.3. The smallest absolute Gasteiger partial charge is 0.313 e. The van der Waals surface area contributed by atoms with Gasteiger partial charge in [0, 0.05) is 25.5 Å². The summed E-state index contributed by atoms with van der Waals surface area (Å²) < 4.78 is 0. The van der Waals surface area contributed by atoms with Crippen molar-refractivity contribution in [3.05, 3.63) is 30.1 Å². The van der Waals surface area contributed by atoms with E-state index in [1.807, 2.05) is 19.1 Å². The van der Waals surface area contributed by atoms with Crippen molar-refractivity contribution < 1.29 is 9.59 Å². The van der Waals surface area contributed by atoms with E-state index in [9.17, 15) is 9.59 Å². The molecule has 0 aromatic carbocycles. The number of likely N-dealkylation sites (N-methyl/N-ethyl adjacent to an activating group) is 1. The molecule has 0 radical (unpaired) electrons. The predicted octanol–water partition coefficient (Wildman–Crippen LogP) is 1.69. The Morgan fingerprint density at radius 3 is 2.53 bits per heavy atom. The minimum absolute atomic E-state index is 0.142. The average molecular weight is 261 g/mol. The molecule has 2 rings (SSSR count). The molecule has 1 aliphatic heterocycles. The molecule has 0 unspecified atom stereocenters. The zero-order valence-electron chi connectivity index (χ0n) is 11.8. The first kappa shape index (κ1) is 13.5. The standard InChI is InChI=1S/C14H19N3O2/c1-10(8-11-6-5-7-15-9-11)17-12(18)14(2,3)16(4)13(17)19/h5-7,9-10H,8H2,1-4H3/t10-/m0/s1. The summed E-state index contributed by atoms with van der Waals surface area (Å²) in [5.74, 6) is -0.142. The Bertz CT molecular complexity index is 499. The summed E-state index contributed by atoms with van der Waals surface area (Å²) in [6.07, 6.45) is 4.09. The molecule has 5 nitrogen and oxygen atoms in total. The normalized spacial score (nSPS) is 20.0. The molecule has 0 N–H and O–H groups in total. The number of imide groups is 1. The Morgan fingerprint density at radius 2 is 2.05 bits per heavy atom. The van der Waals surface area contributed by atoms with Gasteiger partial charge in [-0.25, -0.2) is 4.79 Å². The Morgan fingerprint density at radius 1 is 1.37 bits per heavy atom. The molecule has 19 heavy (non-hydrogen) atoms. The third kappa shape index (κ3) is 2.20. The fourth-order valence-corrected chi connectivity index (χ4v) is 2.27. The lowest BCUT2D eigenvalue weighted by atomic mass is 10.0. The highest BCUT2D eigenvalue weighted by Crippen LogP contribution is 2.28. The molecular formula is C14H19N3O2. The Balaban J connectivity index is 2.18. The van der Waals surface area contributed by atoms with Gasteiger partial charge in [-0.15, -0.1) is 0 Å². The van der Waals surface area contributed by atoms with Crippen molar-refractivity contribution in [3.63, 3.8) is 0 Å².